The molecule has 0 radical (unpaired) electrons. The number of carbonyl (C=O) groups is 1. The van der Waals surface area contributed by atoms with Gasteiger partial charge in [0.05, 0.1) is 17.9 Å². The van der Waals surface area contributed by atoms with Crippen LogP contribution in [0.5, 0.6) is 0 Å². The van der Waals surface area contributed by atoms with Gasteiger partial charge in [0.1, 0.15) is 0 Å². The highest BCUT2D eigenvalue weighted by molar-refractivity contribution is 5.94. The third kappa shape index (κ3) is 3.92. The molecule has 5 heteroatoms. The van der Waals surface area contributed by atoms with Crippen LogP contribution < -0.4 is 5.32 Å². The Labute approximate surface area is 114 Å². The normalized spacial score (nSPS) is 15.3. The lowest BCUT2D eigenvalue weighted by Gasteiger charge is -2.26. The maximum absolute atomic E-state index is 12.3. The summed E-state index contributed by atoms with van der Waals surface area (Å²) in [4.78, 5) is 18.4. The van der Waals surface area contributed by atoms with Crippen LogP contribution in [0.2, 0.25) is 0 Å². The fourth-order valence-corrected chi connectivity index (χ4v) is 2.23. The number of rotatable bonds is 5. The number of likely N-dealkylation sites (tertiary alicyclic amines) is 1. The molecule has 0 bridgehead atoms. The third-order valence-corrected chi connectivity index (χ3v) is 3.26. The maximum atomic E-state index is 12.3. The smallest absolute Gasteiger partial charge is 0.255 e. The van der Waals surface area contributed by atoms with E-state index >= 15 is 0 Å². The summed E-state index contributed by atoms with van der Waals surface area (Å²) in [6, 6.07) is 1.86. The molecule has 104 valence electrons. The quantitative estimate of drug-likeness (QED) is 0.823. The summed E-state index contributed by atoms with van der Waals surface area (Å²) >= 11 is 0. The SMILES string of the molecule is COCCNc1cncc(C(=O)N2CCCCC2)c1. The van der Waals surface area contributed by atoms with E-state index in [9.17, 15) is 4.79 Å². The molecular weight excluding hydrogens is 242 g/mol. The number of hydrogen-bond donors (Lipinski definition) is 1. The number of carbonyl (C=O) groups excluding carboxylic acids is 1. The highest BCUT2D eigenvalue weighted by Crippen LogP contribution is 2.15. The lowest BCUT2D eigenvalue weighted by Crippen LogP contribution is -2.35. The van der Waals surface area contributed by atoms with Gasteiger partial charge < -0.3 is 15.0 Å². The average molecular weight is 263 g/mol. The Morgan fingerprint density at radius 3 is 2.89 bits per heavy atom. The molecule has 19 heavy (non-hydrogen) atoms. The van der Waals surface area contributed by atoms with Crippen LogP contribution in [0.25, 0.3) is 0 Å². The molecule has 0 aromatic carbocycles. The van der Waals surface area contributed by atoms with Crippen molar-refractivity contribution >= 4 is 11.6 Å². The van der Waals surface area contributed by atoms with Crippen LogP contribution in [-0.2, 0) is 4.74 Å². The van der Waals surface area contributed by atoms with Gasteiger partial charge in [-0.2, -0.15) is 0 Å². The number of hydrogen-bond acceptors (Lipinski definition) is 4. The van der Waals surface area contributed by atoms with Crippen molar-refractivity contribution in [3.8, 4) is 0 Å². The Morgan fingerprint density at radius 1 is 1.37 bits per heavy atom. The van der Waals surface area contributed by atoms with Gasteiger partial charge in [-0.05, 0) is 25.3 Å². The zero-order valence-corrected chi connectivity index (χ0v) is 11.4. The highest BCUT2D eigenvalue weighted by Gasteiger charge is 2.18. The number of anilines is 1. The number of aromatic nitrogens is 1. The molecule has 5 nitrogen and oxygen atoms in total. The zero-order chi connectivity index (χ0) is 13.5. The number of methoxy groups -OCH3 is 1. The van der Waals surface area contributed by atoms with Crippen LogP contribution in [0.15, 0.2) is 18.5 Å². The molecule has 0 atom stereocenters. The molecule has 2 heterocycles. The molecule has 0 spiro atoms. The van der Waals surface area contributed by atoms with E-state index in [2.05, 4.69) is 10.3 Å². The molecule has 0 saturated carbocycles. The van der Waals surface area contributed by atoms with E-state index in [4.69, 9.17) is 4.74 Å². The summed E-state index contributed by atoms with van der Waals surface area (Å²) in [6.07, 6.45) is 6.79. The highest BCUT2D eigenvalue weighted by atomic mass is 16.5. The second-order valence-electron chi connectivity index (χ2n) is 4.73. The Morgan fingerprint density at radius 2 is 2.16 bits per heavy atom. The maximum Gasteiger partial charge on any atom is 0.255 e. The van der Waals surface area contributed by atoms with Gasteiger partial charge in [0.15, 0.2) is 0 Å². The van der Waals surface area contributed by atoms with E-state index in [1.54, 1.807) is 19.5 Å². The van der Waals surface area contributed by atoms with Crippen molar-refractivity contribution in [2.24, 2.45) is 0 Å². The molecule has 1 saturated heterocycles. The summed E-state index contributed by atoms with van der Waals surface area (Å²) in [6.45, 7) is 3.06. The van der Waals surface area contributed by atoms with Crippen LogP contribution in [-0.4, -0.2) is 49.1 Å². The minimum absolute atomic E-state index is 0.0857. The fourth-order valence-electron chi connectivity index (χ4n) is 2.23. The Bertz CT molecular complexity index is 417. The minimum atomic E-state index is 0.0857. The minimum Gasteiger partial charge on any atom is -0.383 e. The predicted octanol–water partition coefficient (Wildman–Crippen LogP) is 1.77. The molecule has 1 amide bonds. The van der Waals surface area contributed by atoms with Gasteiger partial charge in [-0.3, -0.25) is 9.78 Å². The Kier molecular flexibility index (Phi) is 5.15. The average Bonchev–Trinajstić information content (AvgIpc) is 2.48. The van der Waals surface area contributed by atoms with Crippen LogP contribution in [0.4, 0.5) is 5.69 Å². The van der Waals surface area contributed by atoms with Crippen molar-refractivity contribution in [3.05, 3.63) is 24.0 Å². The monoisotopic (exact) mass is 263 g/mol. The molecule has 0 aliphatic carbocycles. The van der Waals surface area contributed by atoms with Crippen molar-refractivity contribution < 1.29 is 9.53 Å². The van der Waals surface area contributed by atoms with E-state index < -0.39 is 0 Å². The van der Waals surface area contributed by atoms with Gasteiger partial charge in [-0.1, -0.05) is 0 Å². The number of amides is 1. The first kappa shape index (κ1) is 13.8. The first-order chi connectivity index (χ1) is 9.31. The first-order valence-corrected chi connectivity index (χ1v) is 6.78. The predicted molar refractivity (Wildman–Crippen MR) is 74.4 cm³/mol. The van der Waals surface area contributed by atoms with Crippen LogP contribution in [0.1, 0.15) is 29.6 Å². The molecule has 2 rings (SSSR count). The van der Waals surface area contributed by atoms with Crippen molar-refractivity contribution in [1.29, 1.82) is 0 Å². The van der Waals surface area contributed by atoms with Crippen molar-refractivity contribution in [3.63, 3.8) is 0 Å². The fraction of sp³-hybridized carbons (Fsp3) is 0.571. The molecule has 0 unspecified atom stereocenters. The van der Waals surface area contributed by atoms with Gasteiger partial charge in [0.2, 0.25) is 0 Å². The van der Waals surface area contributed by atoms with Crippen molar-refractivity contribution in [2.75, 3.05) is 38.7 Å². The van der Waals surface area contributed by atoms with Gasteiger partial charge >= 0.3 is 0 Å². The largest absolute Gasteiger partial charge is 0.383 e. The van der Waals surface area contributed by atoms with Gasteiger partial charge in [-0.25, -0.2) is 0 Å². The molecule has 1 aromatic heterocycles. The Hall–Kier alpha value is -1.62. The molecule has 1 aliphatic rings. The standard InChI is InChI=1S/C14H21N3O2/c1-19-8-5-16-13-9-12(10-15-11-13)14(18)17-6-3-2-4-7-17/h9-11,16H,2-8H2,1H3. The summed E-state index contributed by atoms with van der Waals surface area (Å²) in [5, 5.41) is 3.19. The van der Waals surface area contributed by atoms with E-state index in [0.29, 0.717) is 18.7 Å². The molecule has 1 N–H and O–H groups in total. The molecule has 1 aromatic rings. The van der Waals surface area contributed by atoms with Crippen molar-refractivity contribution in [1.82, 2.24) is 9.88 Å². The number of piperidine rings is 1. The van der Waals surface area contributed by atoms with Crippen LogP contribution >= 0.6 is 0 Å². The van der Waals surface area contributed by atoms with E-state index in [-0.39, 0.29) is 5.91 Å². The number of nitrogens with one attached hydrogen (secondary N) is 1. The first-order valence-electron chi connectivity index (χ1n) is 6.78. The van der Waals surface area contributed by atoms with E-state index in [0.717, 1.165) is 31.6 Å². The second kappa shape index (κ2) is 7.09. The molecule has 1 fully saturated rings. The summed E-state index contributed by atoms with van der Waals surface area (Å²) in [5.41, 5.74) is 1.52. The van der Waals surface area contributed by atoms with Gasteiger partial charge in [0, 0.05) is 39.1 Å². The van der Waals surface area contributed by atoms with Gasteiger partial charge in [0.25, 0.3) is 5.91 Å². The van der Waals surface area contributed by atoms with Crippen LogP contribution in [0, 0.1) is 0 Å². The molecular formula is C14H21N3O2. The topological polar surface area (TPSA) is 54.5 Å². The lowest BCUT2D eigenvalue weighted by molar-refractivity contribution is 0.0724. The lowest BCUT2D eigenvalue weighted by atomic mass is 10.1. The molecule has 1 aliphatic heterocycles. The number of pyridine rings is 1. The zero-order valence-electron chi connectivity index (χ0n) is 11.4. The van der Waals surface area contributed by atoms with E-state index in [1.165, 1.54) is 6.42 Å². The van der Waals surface area contributed by atoms with Gasteiger partial charge in [-0.15, -0.1) is 0 Å². The third-order valence-electron chi connectivity index (χ3n) is 3.26. The Balaban J connectivity index is 1.98. The van der Waals surface area contributed by atoms with Crippen LogP contribution in [0.3, 0.4) is 0 Å². The summed E-state index contributed by atoms with van der Waals surface area (Å²) in [7, 11) is 1.66. The summed E-state index contributed by atoms with van der Waals surface area (Å²) < 4.78 is 4.98. The van der Waals surface area contributed by atoms with E-state index in [1.807, 2.05) is 11.0 Å². The van der Waals surface area contributed by atoms with Crippen molar-refractivity contribution in [2.45, 2.75) is 19.3 Å². The number of ether oxygens (including phenoxy) is 1. The number of nitrogens with zero attached hydrogens (tertiary/aromatic N) is 2. The summed E-state index contributed by atoms with van der Waals surface area (Å²) in [5.74, 6) is 0.0857. The second-order valence-corrected chi connectivity index (χ2v) is 4.73.